The zero-order valence-electron chi connectivity index (χ0n) is 11.8. The average molecular weight is 269 g/mol. The molecule has 3 rings (SSSR count). The molecule has 0 aliphatic heterocycles. The Balaban J connectivity index is 1.89. The quantitative estimate of drug-likeness (QED) is 0.786. The van der Waals surface area contributed by atoms with Crippen molar-refractivity contribution >= 4 is 5.52 Å². The van der Waals surface area contributed by atoms with Crippen LogP contribution >= 0.6 is 0 Å². The van der Waals surface area contributed by atoms with Crippen molar-refractivity contribution in [2.75, 3.05) is 0 Å². The molecule has 5 heteroatoms. The molecule has 0 aromatic carbocycles. The van der Waals surface area contributed by atoms with Gasteiger partial charge in [0.05, 0.1) is 17.4 Å². The van der Waals surface area contributed by atoms with Gasteiger partial charge in [-0.2, -0.15) is 10.2 Å². The molecule has 0 bridgehead atoms. The molecule has 104 valence electrons. The number of hydrogen-bond acceptors (Lipinski definition) is 3. The maximum atomic E-state index is 6.36. The van der Waals surface area contributed by atoms with E-state index < -0.39 is 0 Å². The van der Waals surface area contributed by atoms with Gasteiger partial charge in [-0.25, -0.2) is 4.52 Å². The zero-order valence-corrected chi connectivity index (χ0v) is 11.8. The Kier molecular flexibility index (Phi) is 3.28. The van der Waals surface area contributed by atoms with Gasteiger partial charge in [-0.1, -0.05) is 13.0 Å². The van der Waals surface area contributed by atoms with Gasteiger partial charge in [0.25, 0.3) is 0 Å². The van der Waals surface area contributed by atoms with Crippen LogP contribution in [0.3, 0.4) is 0 Å². The van der Waals surface area contributed by atoms with Crippen LogP contribution in [0.4, 0.5) is 0 Å². The van der Waals surface area contributed by atoms with E-state index in [9.17, 15) is 0 Å². The van der Waals surface area contributed by atoms with Gasteiger partial charge >= 0.3 is 0 Å². The molecule has 1 atom stereocenters. The second-order valence-electron chi connectivity index (χ2n) is 5.05. The van der Waals surface area contributed by atoms with E-state index in [2.05, 4.69) is 23.2 Å². The van der Waals surface area contributed by atoms with Gasteiger partial charge in [-0.3, -0.25) is 4.68 Å². The summed E-state index contributed by atoms with van der Waals surface area (Å²) in [7, 11) is 1.97. The monoisotopic (exact) mass is 269 g/mol. The minimum absolute atomic E-state index is 0.0741. The molecule has 0 amide bonds. The van der Waals surface area contributed by atoms with Crippen LogP contribution in [0, 0.1) is 0 Å². The highest BCUT2D eigenvalue weighted by Gasteiger charge is 2.15. The summed E-state index contributed by atoms with van der Waals surface area (Å²) in [5, 5.41) is 8.81. The number of fused-ring (bicyclic) bond motifs is 1. The number of aryl methyl sites for hydroxylation is 2. The molecule has 0 saturated carbocycles. The Hall–Kier alpha value is -2.14. The van der Waals surface area contributed by atoms with Crippen molar-refractivity contribution in [3.8, 4) is 0 Å². The third-order valence-corrected chi connectivity index (χ3v) is 3.67. The predicted octanol–water partition coefficient (Wildman–Crippen LogP) is 1.87. The second-order valence-corrected chi connectivity index (χ2v) is 5.05. The van der Waals surface area contributed by atoms with E-state index in [1.165, 1.54) is 0 Å². The molecule has 0 aliphatic rings. The lowest BCUT2D eigenvalue weighted by atomic mass is 10.0. The van der Waals surface area contributed by atoms with E-state index in [0.29, 0.717) is 0 Å². The number of pyridine rings is 1. The van der Waals surface area contributed by atoms with Crippen LogP contribution in [0.25, 0.3) is 5.52 Å². The molecule has 3 heterocycles. The van der Waals surface area contributed by atoms with Gasteiger partial charge in [0.15, 0.2) is 0 Å². The van der Waals surface area contributed by atoms with E-state index in [1.807, 2.05) is 46.8 Å². The molecular formula is C15H19N5. The summed E-state index contributed by atoms with van der Waals surface area (Å²) in [4.78, 5) is 0. The lowest BCUT2D eigenvalue weighted by Crippen LogP contribution is -2.15. The van der Waals surface area contributed by atoms with Crippen LogP contribution in [0.1, 0.15) is 29.9 Å². The highest BCUT2D eigenvalue weighted by atomic mass is 15.3. The van der Waals surface area contributed by atoms with Crippen LogP contribution in [0.2, 0.25) is 0 Å². The Morgan fingerprint density at radius 3 is 2.95 bits per heavy atom. The molecule has 0 aliphatic carbocycles. The summed E-state index contributed by atoms with van der Waals surface area (Å²) in [5.74, 6) is 0. The predicted molar refractivity (Wildman–Crippen MR) is 78.4 cm³/mol. The largest absolute Gasteiger partial charge is 0.324 e. The summed E-state index contributed by atoms with van der Waals surface area (Å²) in [6.07, 6.45) is 5.50. The van der Waals surface area contributed by atoms with Gasteiger partial charge in [-0.05, 0) is 24.6 Å². The Labute approximate surface area is 118 Å². The zero-order chi connectivity index (χ0) is 14.1. The third-order valence-electron chi connectivity index (χ3n) is 3.67. The summed E-state index contributed by atoms with van der Waals surface area (Å²) < 4.78 is 3.78. The van der Waals surface area contributed by atoms with Crippen molar-refractivity contribution < 1.29 is 0 Å². The Bertz CT molecular complexity index is 725. The maximum absolute atomic E-state index is 6.36. The fraction of sp³-hybridized carbons (Fsp3) is 0.333. The van der Waals surface area contributed by atoms with Gasteiger partial charge < -0.3 is 5.73 Å². The molecule has 0 spiro atoms. The van der Waals surface area contributed by atoms with Crippen molar-refractivity contribution in [2.45, 2.75) is 25.8 Å². The molecule has 20 heavy (non-hydrogen) atoms. The Morgan fingerprint density at radius 1 is 1.35 bits per heavy atom. The van der Waals surface area contributed by atoms with Crippen molar-refractivity contribution in [3.63, 3.8) is 0 Å². The number of rotatable bonds is 4. The molecule has 0 saturated heterocycles. The van der Waals surface area contributed by atoms with Crippen molar-refractivity contribution in [1.29, 1.82) is 0 Å². The SMILES string of the molecule is CCc1cc(CC(N)c2cnn3ccccc23)n(C)n1. The molecule has 2 N–H and O–H groups in total. The highest BCUT2D eigenvalue weighted by Crippen LogP contribution is 2.21. The molecule has 3 aromatic rings. The molecule has 0 fully saturated rings. The van der Waals surface area contributed by atoms with E-state index in [-0.39, 0.29) is 6.04 Å². The number of hydrogen-bond donors (Lipinski definition) is 1. The van der Waals surface area contributed by atoms with Crippen LogP contribution in [0.15, 0.2) is 36.7 Å². The third kappa shape index (κ3) is 2.20. The van der Waals surface area contributed by atoms with Gasteiger partial charge in [0.2, 0.25) is 0 Å². The van der Waals surface area contributed by atoms with E-state index in [4.69, 9.17) is 5.73 Å². The molecule has 3 aromatic heterocycles. The first kappa shape index (κ1) is 12.9. The van der Waals surface area contributed by atoms with E-state index in [1.54, 1.807) is 0 Å². The summed E-state index contributed by atoms with van der Waals surface area (Å²) in [6, 6.07) is 8.07. The molecule has 1 unspecified atom stereocenters. The minimum atomic E-state index is -0.0741. The normalized spacial score (nSPS) is 12.9. The van der Waals surface area contributed by atoms with Crippen LogP contribution in [-0.4, -0.2) is 19.4 Å². The lowest BCUT2D eigenvalue weighted by molar-refractivity contribution is 0.640. The first-order chi connectivity index (χ1) is 9.69. The van der Waals surface area contributed by atoms with Crippen LogP contribution < -0.4 is 5.73 Å². The fourth-order valence-electron chi connectivity index (χ4n) is 2.51. The highest BCUT2D eigenvalue weighted by molar-refractivity contribution is 5.54. The van der Waals surface area contributed by atoms with Gasteiger partial charge in [-0.15, -0.1) is 0 Å². The molecular weight excluding hydrogens is 250 g/mol. The first-order valence-electron chi connectivity index (χ1n) is 6.88. The van der Waals surface area contributed by atoms with Crippen LogP contribution in [-0.2, 0) is 19.9 Å². The summed E-state index contributed by atoms with van der Waals surface area (Å²) in [5.41, 5.74) is 10.8. The van der Waals surface area contributed by atoms with E-state index >= 15 is 0 Å². The topological polar surface area (TPSA) is 61.1 Å². The lowest BCUT2D eigenvalue weighted by Gasteiger charge is -2.10. The first-order valence-corrected chi connectivity index (χ1v) is 6.88. The van der Waals surface area contributed by atoms with Crippen molar-refractivity contribution in [1.82, 2.24) is 19.4 Å². The van der Waals surface area contributed by atoms with Crippen molar-refractivity contribution in [2.24, 2.45) is 12.8 Å². The summed E-state index contributed by atoms with van der Waals surface area (Å²) >= 11 is 0. The van der Waals surface area contributed by atoms with Crippen LogP contribution in [0.5, 0.6) is 0 Å². The smallest absolute Gasteiger partial charge is 0.0709 e. The molecule has 0 radical (unpaired) electrons. The van der Waals surface area contributed by atoms with Gasteiger partial charge in [0.1, 0.15) is 0 Å². The number of nitrogens with two attached hydrogens (primary N) is 1. The minimum Gasteiger partial charge on any atom is -0.324 e. The fourth-order valence-corrected chi connectivity index (χ4v) is 2.51. The summed E-state index contributed by atoms with van der Waals surface area (Å²) in [6.45, 7) is 2.11. The average Bonchev–Trinajstić information content (AvgIpc) is 3.03. The maximum Gasteiger partial charge on any atom is 0.0709 e. The second kappa shape index (κ2) is 5.09. The molecule has 5 nitrogen and oxygen atoms in total. The number of aromatic nitrogens is 4. The van der Waals surface area contributed by atoms with Gasteiger partial charge in [0, 0.05) is 37.0 Å². The Morgan fingerprint density at radius 2 is 2.20 bits per heavy atom. The van der Waals surface area contributed by atoms with Crippen molar-refractivity contribution in [3.05, 3.63) is 53.6 Å². The number of nitrogens with zero attached hydrogens (tertiary/aromatic N) is 4. The van der Waals surface area contributed by atoms with E-state index in [0.717, 1.165) is 35.3 Å². The standard InChI is InChI=1S/C15H19N5/c1-3-11-8-12(19(2)18-11)9-14(16)13-10-17-20-7-5-4-6-15(13)20/h4-8,10,14H,3,9,16H2,1-2H3.